The van der Waals surface area contributed by atoms with Crippen LogP contribution in [0.4, 0.5) is 9.93 Å². The molecule has 1 aliphatic heterocycles. The molecular weight excluding hydrogens is 310 g/mol. The quantitative estimate of drug-likeness (QED) is 0.938. The number of hydrogen-bond acceptors (Lipinski definition) is 7. The standard InChI is InChI=1S/C12H15N5O2S2/c1-7-6-20-9(13-7)8-4-3-5-17(8)11(18)14-10-15-16-12(19-2)21-10/h6,8H,3-5H2,1-2H3,(H,14,15,18). The number of amides is 2. The minimum atomic E-state index is -0.163. The normalized spacial score (nSPS) is 18.0. The number of aryl methyl sites for hydroxylation is 1. The number of ether oxygens (including phenoxy) is 1. The smallest absolute Gasteiger partial charge is 0.324 e. The molecule has 9 heteroatoms. The molecule has 1 atom stereocenters. The molecule has 1 unspecified atom stereocenters. The van der Waals surface area contributed by atoms with Crippen LogP contribution >= 0.6 is 22.7 Å². The zero-order valence-electron chi connectivity index (χ0n) is 11.7. The third kappa shape index (κ3) is 2.98. The van der Waals surface area contributed by atoms with Gasteiger partial charge in [0.15, 0.2) is 0 Å². The van der Waals surface area contributed by atoms with Crippen LogP contribution in [0.1, 0.15) is 29.6 Å². The van der Waals surface area contributed by atoms with Crippen molar-refractivity contribution in [1.29, 1.82) is 0 Å². The van der Waals surface area contributed by atoms with Gasteiger partial charge in [0.2, 0.25) is 5.13 Å². The number of nitrogens with zero attached hydrogens (tertiary/aromatic N) is 4. The Hall–Kier alpha value is -1.74. The van der Waals surface area contributed by atoms with Crippen LogP contribution in [0.2, 0.25) is 0 Å². The van der Waals surface area contributed by atoms with Crippen LogP contribution in [0.15, 0.2) is 5.38 Å². The number of carbonyl (C=O) groups excluding carboxylic acids is 1. The zero-order chi connectivity index (χ0) is 14.8. The summed E-state index contributed by atoms with van der Waals surface area (Å²) in [4.78, 5) is 18.7. The second-order valence-electron chi connectivity index (χ2n) is 4.69. The van der Waals surface area contributed by atoms with E-state index >= 15 is 0 Å². The van der Waals surface area contributed by atoms with Gasteiger partial charge >= 0.3 is 6.03 Å². The van der Waals surface area contributed by atoms with Gasteiger partial charge in [-0.3, -0.25) is 5.32 Å². The number of anilines is 1. The summed E-state index contributed by atoms with van der Waals surface area (Å²) in [6.07, 6.45) is 1.93. The summed E-state index contributed by atoms with van der Waals surface area (Å²) in [5.41, 5.74) is 0.996. The average Bonchev–Trinajstić information content (AvgIpc) is 3.17. The fourth-order valence-electron chi connectivity index (χ4n) is 2.30. The molecule has 0 spiro atoms. The van der Waals surface area contributed by atoms with Crippen molar-refractivity contribution in [2.24, 2.45) is 0 Å². The fraction of sp³-hybridized carbons (Fsp3) is 0.500. The first kappa shape index (κ1) is 14.2. The largest absolute Gasteiger partial charge is 0.472 e. The van der Waals surface area contributed by atoms with Crippen molar-refractivity contribution in [3.05, 3.63) is 16.1 Å². The molecule has 0 radical (unpaired) electrons. The van der Waals surface area contributed by atoms with E-state index in [0.29, 0.717) is 10.3 Å². The maximum atomic E-state index is 12.4. The molecule has 1 fully saturated rings. The molecule has 0 aliphatic carbocycles. The predicted octanol–water partition coefficient (Wildman–Crippen LogP) is 2.68. The van der Waals surface area contributed by atoms with E-state index in [9.17, 15) is 4.79 Å². The van der Waals surface area contributed by atoms with E-state index in [2.05, 4.69) is 20.5 Å². The summed E-state index contributed by atoms with van der Waals surface area (Å²) in [5, 5.41) is 14.3. The lowest BCUT2D eigenvalue weighted by Gasteiger charge is -2.22. The van der Waals surface area contributed by atoms with Crippen LogP contribution in [0.3, 0.4) is 0 Å². The lowest BCUT2D eigenvalue weighted by molar-refractivity contribution is 0.207. The van der Waals surface area contributed by atoms with Gasteiger partial charge in [-0.2, -0.15) is 0 Å². The van der Waals surface area contributed by atoms with Crippen LogP contribution in [0, 0.1) is 6.92 Å². The van der Waals surface area contributed by atoms with E-state index < -0.39 is 0 Å². The number of aromatic nitrogens is 3. The van der Waals surface area contributed by atoms with E-state index in [1.54, 1.807) is 11.3 Å². The summed E-state index contributed by atoms with van der Waals surface area (Å²) in [6, 6.07) is -0.109. The molecule has 2 aromatic rings. The Morgan fingerprint density at radius 3 is 3.05 bits per heavy atom. The highest BCUT2D eigenvalue weighted by Gasteiger charge is 2.32. The fourth-order valence-corrected chi connectivity index (χ4v) is 3.79. The number of urea groups is 1. The Morgan fingerprint density at radius 1 is 1.52 bits per heavy atom. The minimum absolute atomic E-state index is 0.0542. The van der Waals surface area contributed by atoms with Crippen LogP contribution in [-0.2, 0) is 0 Å². The van der Waals surface area contributed by atoms with Gasteiger partial charge in [0.25, 0.3) is 5.19 Å². The van der Waals surface area contributed by atoms with Gasteiger partial charge in [-0.1, -0.05) is 5.10 Å². The molecule has 7 nitrogen and oxygen atoms in total. The maximum absolute atomic E-state index is 12.4. The number of likely N-dealkylation sites (tertiary alicyclic amines) is 1. The molecule has 2 aromatic heterocycles. The first-order valence-electron chi connectivity index (χ1n) is 6.54. The highest BCUT2D eigenvalue weighted by molar-refractivity contribution is 7.17. The number of rotatable bonds is 3. The highest BCUT2D eigenvalue weighted by Crippen LogP contribution is 2.34. The van der Waals surface area contributed by atoms with Gasteiger partial charge in [-0.15, -0.1) is 16.4 Å². The molecule has 112 valence electrons. The summed E-state index contributed by atoms with van der Waals surface area (Å²) in [5.74, 6) is 0. The molecule has 0 bridgehead atoms. The lowest BCUT2D eigenvalue weighted by atomic mass is 10.2. The number of methoxy groups -OCH3 is 1. The van der Waals surface area contributed by atoms with Crippen molar-refractivity contribution in [1.82, 2.24) is 20.1 Å². The summed E-state index contributed by atoms with van der Waals surface area (Å²) < 4.78 is 4.97. The maximum Gasteiger partial charge on any atom is 0.324 e. The summed E-state index contributed by atoms with van der Waals surface area (Å²) in [7, 11) is 1.52. The van der Waals surface area contributed by atoms with Gasteiger partial charge in [0.1, 0.15) is 5.01 Å². The van der Waals surface area contributed by atoms with E-state index in [-0.39, 0.29) is 12.1 Å². The third-order valence-corrected chi connectivity index (χ3v) is 5.09. The molecule has 2 amide bonds. The second kappa shape index (κ2) is 5.94. The molecule has 0 aromatic carbocycles. The Bertz CT molecular complexity index is 641. The molecule has 0 saturated carbocycles. The molecule has 3 rings (SSSR count). The number of nitrogens with one attached hydrogen (secondary N) is 1. The molecule has 1 aliphatic rings. The van der Waals surface area contributed by atoms with E-state index in [4.69, 9.17) is 4.74 Å². The van der Waals surface area contributed by atoms with Crippen LogP contribution in [0.5, 0.6) is 5.19 Å². The van der Waals surface area contributed by atoms with Crippen LogP contribution in [-0.4, -0.2) is 39.8 Å². The van der Waals surface area contributed by atoms with Gasteiger partial charge in [0, 0.05) is 17.6 Å². The monoisotopic (exact) mass is 325 g/mol. The predicted molar refractivity (Wildman–Crippen MR) is 81.0 cm³/mol. The van der Waals surface area contributed by atoms with Crippen LogP contribution in [0.25, 0.3) is 0 Å². The van der Waals surface area contributed by atoms with Crippen molar-refractivity contribution in [2.75, 3.05) is 19.0 Å². The van der Waals surface area contributed by atoms with Gasteiger partial charge < -0.3 is 9.64 Å². The zero-order valence-corrected chi connectivity index (χ0v) is 13.3. The Morgan fingerprint density at radius 2 is 2.38 bits per heavy atom. The van der Waals surface area contributed by atoms with Crippen molar-refractivity contribution in [3.63, 3.8) is 0 Å². The summed E-state index contributed by atoms with van der Waals surface area (Å²) >= 11 is 2.81. The van der Waals surface area contributed by atoms with Gasteiger partial charge in [-0.05, 0) is 31.1 Å². The molecule has 21 heavy (non-hydrogen) atoms. The second-order valence-corrected chi connectivity index (χ2v) is 6.52. The lowest BCUT2D eigenvalue weighted by Crippen LogP contribution is -2.34. The number of hydrogen-bond donors (Lipinski definition) is 1. The van der Waals surface area contributed by atoms with Crippen LogP contribution < -0.4 is 10.1 Å². The van der Waals surface area contributed by atoms with Crippen molar-refractivity contribution < 1.29 is 9.53 Å². The first-order valence-corrected chi connectivity index (χ1v) is 8.24. The molecular formula is C12H15N5O2S2. The van der Waals surface area contributed by atoms with E-state index in [1.165, 1.54) is 18.4 Å². The van der Waals surface area contributed by atoms with Gasteiger partial charge in [-0.25, -0.2) is 9.78 Å². The SMILES string of the molecule is COc1nnc(NC(=O)N2CCCC2c2nc(C)cs2)s1. The van der Waals surface area contributed by atoms with Crippen molar-refractivity contribution in [3.8, 4) is 5.19 Å². The number of thiazole rings is 1. The van der Waals surface area contributed by atoms with E-state index in [1.807, 2.05) is 17.2 Å². The summed E-state index contributed by atoms with van der Waals surface area (Å²) in [6.45, 7) is 2.69. The van der Waals surface area contributed by atoms with Crippen molar-refractivity contribution in [2.45, 2.75) is 25.8 Å². The highest BCUT2D eigenvalue weighted by atomic mass is 32.1. The topological polar surface area (TPSA) is 80.2 Å². The Balaban J connectivity index is 1.71. The third-order valence-electron chi connectivity index (χ3n) is 3.23. The van der Waals surface area contributed by atoms with Crippen molar-refractivity contribution >= 4 is 33.8 Å². The molecule has 1 N–H and O–H groups in total. The molecule has 3 heterocycles. The van der Waals surface area contributed by atoms with Gasteiger partial charge in [0.05, 0.1) is 13.2 Å². The Kier molecular flexibility index (Phi) is 4.02. The average molecular weight is 325 g/mol. The Labute approximate surface area is 130 Å². The minimum Gasteiger partial charge on any atom is -0.472 e. The molecule has 1 saturated heterocycles. The number of carbonyl (C=O) groups is 1. The first-order chi connectivity index (χ1) is 10.2. The van der Waals surface area contributed by atoms with E-state index in [0.717, 1.165) is 30.1 Å².